The van der Waals surface area contributed by atoms with Crippen molar-refractivity contribution in [2.24, 2.45) is 0 Å². The van der Waals surface area contributed by atoms with Gasteiger partial charge in [0.2, 0.25) is 9.84 Å². The van der Waals surface area contributed by atoms with Crippen molar-refractivity contribution in [2.75, 3.05) is 0 Å². The lowest BCUT2D eigenvalue weighted by atomic mass is 10.0. The molecule has 1 aromatic heterocycles. The fourth-order valence-electron chi connectivity index (χ4n) is 3.08. The smallest absolute Gasteiger partial charge is 0.208 e. The van der Waals surface area contributed by atoms with Crippen molar-refractivity contribution >= 4 is 55.5 Å². The average Bonchev–Trinajstić information content (AvgIpc) is 2.67. The minimum atomic E-state index is -4.03. The van der Waals surface area contributed by atoms with E-state index in [1.54, 1.807) is 24.3 Å². The molecule has 0 bridgehead atoms. The summed E-state index contributed by atoms with van der Waals surface area (Å²) < 4.78 is 40.6. The van der Waals surface area contributed by atoms with Gasteiger partial charge in [-0.3, -0.25) is 4.98 Å². The standard InChI is InChI=1S/C21H11Cl3FNO2S/c22-13-3-1-12(2-4-13)21-18-6-5-16(25)10-19(18)26-11-20(21)29(27,28)17-8-14(23)7-15(24)9-17/h1-11H. The van der Waals surface area contributed by atoms with Gasteiger partial charge in [0.1, 0.15) is 5.82 Å². The first-order chi connectivity index (χ1) is 13.8. The number of hydrogen-bond donors (Lipinski definition) is 0. The largest absolute Gasteiger partial charge is 0.255 e. The van der Waals surface area contributed by atoms with Gasteiger partial charge in [-0.05, 0) is 48.0 Å². The highest BCUT2D eigenvalue weighted by atomic mass is 35.5. The molecule has 0 N–H and O–H groups in total. The van der Waals surface area contributed by atoms with Crippen LogP contribution < -0.4 is 0 Å². The maximum Gasteiger partial charge on any atom is 0.208 e. The Morgan fingerprint density at radius 2 is 1.45 bits per heavy atom. The number of benzene rings is 3. The number of hydrogen-bond acceptors (Lipinski definition) is 3. The van der Waals surface area contributed by atoms with E-state index < -0.39 is 15.7 Å². The number of halogens is 4. The van der Waals surface area contributed by atoms with Gasteiger partial charge in [0.15, 0.2) is 0 Å². The molecule has 0 unspecified atom stereocenters. The Kier molecular flexibility index (Phi) is 5.25. The highest BCUT2D eigenvalue weighted by Crippen LogP contribution is 2.38. The van der Waals surface area contributed by atoms with Crippen molar-refractivity contribution in [3.05, 3.63) is 87.7 Å². The maximum atomic E-state index is 13.7. The molecule has 3 nitrogen and oxygen atoms in total. The maximum absolute atomic E-state index is 13.7. The molecule has 0 spiro atoms. The third kappa shape index (κ3) is 3.83. The van der Waals surface area contributed by atoms with Crippen molar-refractivity contribution in [3.8, 4) is 11.1 Å². The van der Waals surface area contributed by atoms with Crippen LogP contribution in [0, 0.1) is 5.82 Å². The third-order valence-electron chi connectivity index (χ3n) is 4.37. The van der Waals surface area contributed by atoms with Crippen LogP contribution in [-0.4, -0.2) is 13.4 Å². The molecule has 0 radical (unpaired) electrons. The van der Waals surface area contributed by atoms with E-state index in [2.05, 4.69) is 4.98 Å². The van der Waals surface area contributed by atoms with Gasteiger partial charge in [0.05, 0.1) is 15.3 Å². The van der Waals surface area contributed by atoms with E-state index in [-0.39, 0.29) is 19.8 Å². The lowest BCUT2D eigenvalue weighted by molar-refractivity contribution is 0.596. The van der Waals surface area contributed by atoms with E-state index in [4.69, 9.17) is 34.8 Å². The van der Waals surface area contributed by atoms with Crippen molar-refractivity contribution in [3.63, 3.8) is 0 Å². The van der Waals surface area contributed by atoms with Gasteiger partial charge in [0.25, 0.3) is 0 Å². The zero-order valence-electron chi connectivity index (χ0n) is 14.5. The van der Waals surface area contributed by atoms with Crippen LogP contribution in [0.15, 0.2) is 76.7 Å². The molecule has 4 rings (SSSR count). The van der Waals surface area contributed by atoms with Gasteiger partial charge in [0, 0.05) is 38.3 Å². The molecule has 0 atom stereocenters. The van der Waals surface area contributed by atoms with Gasteiger partial charge in [-0.15, -0.1) is 0 Å². The van der Waals surface area contributed by atoms with E-state index in [9.17, 15) is 12.8 Å². The summed E-state index contributed by atoms with van der Waals surface area (Å²) in [6.07, 6.45) is 1.22. The molecule has 0 fully saturated rings. The number of rotatable bonds is 3. The number of fused-ring (bicyclic) bond motifs is 1. The Hall–Kier alpha value is -2.18. The van der Waals surface area contributed by atoms with Crippen molar-refractivity contribution in [1.29, 1.82) is 0 Å². The number of pyridine rings is 1. The molecular weight excluding hydrogens is 456 g/mol. The monoisotopic (exact) mass is 465 g/mol. The van der Waals surface area contributed by atoms with Crippen molar-refractivity contribution < 1.29 is 12.8 Å². The van der Waals surface area contributed by atoms with Crippen LogP contribution in [0.4, 0.5) is 4.39 Å². The van der Waals surface area contributed by atoms with Crippen LogP contribution in [-0.2, 0) is 9.84 Å². The molecule has 0 aliphatic carbocycles. The summed E-state index contributed by atoms with van der Waals surface area (Å²) >= 11 is 18.0. The predicted octanol–water partition coefficient (Wildman–Crippen LogP) is 6.83. The molecule has 3 aromatic carbocycles. The highest BCUT2D eigenvalue weighted by Gasteiger charge is 2.25. The van der Waals surface area contributed by atoms with Crippen molar-refractivity contribution in [2.45, 2.75) is 9.79 Å². The van der Waals surface area contributed by atoms with E-state index in [1.165, 1.54) is 42.6 Å². The van der Waals surface area contributed by atoms with Crippen LogP contribution >= 0.6 is 34.8 Å². The molecule has 146 valence electrons. The fraction of sp³-hybridized carbons (Fsp3) is 0. The SMILES string of the molecule is O=S(=O)(c1cc(Cl)cc(Cl)c1)c1cnc2cc(F)ccc2c1-c1ccc(Cl)cc1. The minimum Gasteiger partial charge on any atom is -0.255 e. The normalized spacial score (nSPS) is 11.7. The topological polar surface area (TPSA) is 47.0 Å². The summed E-state index contributed by atoms with van der Waals surface area (Å²) in [5.41, 5.74) is 1.32. The first-order valence-corrected chi connectivity index (χ1v) is 10.9. The molecule has 0 amide bonds. The second-order valence-corrected chi connectivity index (χ2v) is 9.50. The highest BCUT2D eigenvalue weighted by molar-refractivity contribution is 7.91. The van der Waals surface area contributed by atoms with Gasteiger partial charge in [-0.25, -0.2) is 12.8 Å². The summed E-state index contributed by atoms with van der Waals surface area (Å²) in [6.45, 7) is 0. The summed E-state index contributed by atoms with van der Waals surface area (Å²) in [5, 5.41) is 1.38. The lowest BCUT2D eigenvalue weighted by Gasteiger charge is -2.14. The fourth-order valence-corrected chi connectivity index (χ4v) is 5.36. The summed E-state index contributed by atoms with van der Waals surface area (Å²) in [5.74, 6) is -0.468. The van der Waals surface area contributed by atoms with Gasteiger partial charge in [-0.2, -0.15) is 0 Å². The van der Waals surface area contributed by atoms with Gasteiger partial charge in [-0.1, -0.05) is 46.9 Å². The Bertz CT molecular complexity index is 1340. The average molecular weight is 467 g/mol. The van der Waals surface area contributed by atoms with E-state index in [1.807, 2.05) is 0 Å². The number of sulfone groups is 1. The van der Waals surface area contributed by atoms with Gasteiger partial charge < -0.3 is 0 Å². The van der Waals surface area contributed by atoms with Crippen LogP contribution in [0.5, 0.6) is 0 Å². The second kappa shape index (κ2) is 7.58. The van der Waals surface area contributed by atoms with Crippen LogP contribution in [0.3, 0.4) is 0 Å². The molecule has 4 aromatic rings. The zero-order chi connectivity index (χ0) is 20.8. The summed E-state index contributed by atoms with van der Waals surface area (Å²) in [4.78, 5) is 4.07. The molecule has 0 aliphatic rings. The Balaban J connectivity index is 2.07. The molecule has 0 aliphatic heterocycles. The zero-order valence-corrected chi connectivity index (χ0v) is 17.6. The first-order valence-electron chi connectivity index (χ1n) is 8.31. The van der Waals surface area contributed by atoms with E-state index in [0.29, 0.717) is 27.1 Å². The molecule has 0 saturated heterocycles. The number of aromatic nitrogens is 1. The quantitative estimate of drug-likeness (QED) is 0.332. The van der Waals surface area contributed by atoms with Crippen LogP contribution in [0.2, 0.25) is 15.1 Å². The molecule has 29 heavy (non-hydrogen) atoms. The first kappa shape index (κ1) is 20.1. The second-order valence-electron chi connectivity index (χ2n) is 6.27. The molecule has 8 heteroatoms. The van der Waals surface area contributed by atoms with Crippen LogP contribution in [0.1, 0.15) is 0 Å². The lowest BCUT2D eigenvalue weighted by Crippen LogP contribution is -2.06. The van der Waals surface area contributed by atoms with Gasteiger partial charge >= 0.3 is 0 Å². The number of nitrogens with zero attached hydrogens (tertiary/aromatic N) is 1. The summed E-state index contributed by atoms with van der Waals surface area (Å²) in [7, 11) is -4.03. The molecule has 1 heterocycles. The van der Waals surface area contributed by atoms with E-state index >= 15 is 0 Å². The third-order valence-corrected chi connectivity index (χ3v) is 6.80. The predicted molar refractivity (Wildman–Crippen MR) is 114 cm³/mol. The van der Waals surface area contributed by atoms with E-state index in [0.717, 1.165) is 0 Å². The van der Waals surface area contributed by atoms with Crippen LogP contribution in [0.25, 0.3) is 22.0 Å². The minimum absolute atomic E-state index is 0.0442. The Morgan fingerprint density at radius 3 is 2.10 bits per heavy atom. The Morgan fingerprint density at radius 1 is 0.793 bits per heavy atom. The molecule has 0 saturated carbocycles. The Labute approximate surface area is 181 Å². The van der Waals surface area contributed by atoms with Crippen molar-refractivity contribution in [1.82, 2.24) is 4.98 Å². The molecular formula is C21H11Cl3FNO2S. The summed E-state index contributed by atoms with van der Waals surface area (Å²) in [6, 6.07) is 14.8.